The van der Waals surface area contributed by atoms with Crippen molar-refractivity contribution in [3.8, 4) is 5.75 Å². The highest BCUT2D eigenvalue weighted by molar-refractivity contribution is 6.30. The number of halogens is 1. The van der Waals surface area contributed by atoms with E-state index in [0.29, 0.717) is 28.1 Å². The Labute approximate surface area is 583 Å². The Kier molecular flexibility index (Phi) is 29.9. The highest BCUT2D eigenvalue weighted by atomic mass is 35.5. The first-order valence-corrected chi connectivity index (χ1v) is 33.4. The highest BCUT2D eigenvalue weighted by Gasteiger charge is 2.40. The molecular formula is C68H91ClN16O15. The molecule has 540 valence electrons. The Bertz CT molecular complexity index is 3630. The summed E-state index contributed by atoms with van der Waals surface area (Å²) in [6.45, 7) is 6.36. The van der Waals surface area contributed by atoms with Gasteiger partial charge in [0.05, 0.1) is 13.0 Å². The zero-order valence-electron chi connectivity index (χ0n) is 56.4. The maximum absolute atomic E-state index is 15.1. The first-order chi connectivity index (χ1) is 47.5. The van der Waals surface area contributed by atoms with Crippen LogP contribution in [0.1, 0.15) is 103 Å². The second-order valence-electron chi connectivity index (χ2n) is 25.3. The summed E-state index contributed by atoms with van der Waals surface area (Å²) < 4.78 is 0. The molecule has 2 aliphatic rings. The summed E-state index contributed by atoms with van der Waals surface area (Å²) in [6.07, 6.45) is -0.688. The van der Waals surface area contributed by atoms with E-state index < -0.39 is 156 Å². The topological polar surface area (TPSA) is 488 Å². The number of hydrogen-bond acceptors (Lipinski definition) is 16. The quantitative estimate of drug-likeness (QED) is 0.0166. The number of nitrogens with zero attached hydrogens (tertiary/aromatic N) is 2. The minimum absolute atomic E-state index is 0.00198. The van der Waals surface area contributed by atoms with Gasteiger partial charge < -0.3 is 90.8 Å². The van der Waals surface area contributed by atoms with Crippen LogP contribution in [0.4, 0.5) is 0 Å². The summed E-state index contributed by atoms with van der Waals surface area (Å²) >= 11 is 6.09. The van der Waals surface area contributed by atoms with Gasteiger partial charge in [-0.15, -0.1) is 0 Å². The van der Waals surface area contributed by atoms with Crippen LogP contribution in [0.2, 0.25) is 5.02 Å². The number of phenolic OH excluding ortho intramolecular Hbond substituents is 1. The Hall–Kier alpha value is -10.4. The summed E-state index contributed by atoms with van der Waals surface area (Å²) in [7, 11) is 0. The van der Waals surface area contributed by atoms with Gasteiger partial charge in [-0.3, -0.25) is 67.3 Å². The Morgan fingerprint density at radius 2 is 1.26 bits per heavy atom. The summed E-state index contributed by atoms with van der Waals surface area (Å²) in [4.78, 5) is 186. The van der Waals surface area contributed by atoms with Crippen LogP contribution in [0.25, 0.3) is 10.8 Å². The summed E-state index contributed by atoms with van der Waals surface area (Å²) in [6, 6.07) is 9.41. The Morgan fingerprint density at radius 3 is 1.89 bits per heavy atom. The van der Waals surface area contributed by atoms with Gasteiger partial charge in [-0.05, 0) is 116 Å². The van der Waals surface area contributed by atoms with Gasteiger partial charge in [-0.1, -0.05) is 92.2 Å². The summed E-state index contributed by atoms with van der Waals surface area (Å²) in [5, 5.41) is 51.6. The monoisotopic (exact) mass is 1410 g/mol. The number of aliphatic hydroxyl groups excluding tert-OH is 1. The largest absolute Gasteiger partial charge is 0.508 e. The van der Waals surface area contributed by atoms with Crippen molar-refractivity contribution in [2.75, 3.05) is 26.2 Å². The first-order valence-electron chi connectivity index (χ1n) is 33.0. The SMILES string of the molecule is CC(=O)NC1CC(=O)N[C@H](C)C(=O)N[C@@H](C(=O)N[C@@H](CO)C(=O)N[C@@H](Cc2ccc(O)cc2)C(=O)NC(Cc2ccc3ccccc3c2)C(=O)N[C@H](CC(C)C)C(=O)N[C@@H](CCCN=C(N)N)C(=O)N2CCC[C@@H]2C(=O)NC(C)C(N)=O)CCCNC(=O)[C@@H](Cc2ccc(Cl)cc2)NC1=O. The van der Waals surface area contributed by atoms with Crippen LogP contribution in [-0.4, -0.2) is 191 Å². The fourth-order valence-corrected chi connectivity index (χ4v) is 11.5. The van der Waals surface area contributed by atoms with Crippen molar-refractivity contribution in [1.82, 2.24) is 63.4 Å². The number of aliphatic imine (C=N–C) groups is 1. The van der Waals surface area contributed by atoms with Crippen LogP contribution in [0.3, 0.4) is 0 Å². The average Bonchev–Trinajstić information content (AvgIpc) is 1.50. The number of amides is 13. The van der Waals surface area contributed by atoms with E-state index in [1.165, 1.54) is 43.0 Å². The Morgan fingerprint density at radius 1 is 0.660 bits per heavy atom. The number of carbonyl (C=O) groups is 13. The van der Waals surface area contributed by atoms with Gasteiger partial charge in [0, 0.05) is 50.8 Å². The van der Waals surface area contributed by atoms with Crippen molar-refractivity contribution >= 4 is 105 Å². The maximum atomic E-state index is 15.1. The van der Waals surface area contributed by atoms with Crippen molar-refractivity contribution < 1.29 is 72.5 Å². The molecule has 2 fully saturated rings. The minimum Gasteiger partial charge on any atom is -0.508 e. The van der Waals surface area contributed by atoms with E-state index >= 15 is 9.59 Å². The number of hydrogen-bond donors (Lipinski definition) is 16. The molecule has 2 heterocycles. The molecule has 4 aromatic rings. The third-order valence-corrected chi connectivity index (χ3v) is 16.9. The lowest BCUT2D eigenvalue weighted by Gasteiger charge is -2.31. The highest BCUT2D eigenvalue weighted by Crippen LogP contribution is 2.22. The van der Waals surface area contributed by atoms with Gasteiger partial charge in [0.1, 0.15) is 72.2 Å². The van der Waals surface area contributed by atoms with Crippen LogP contribution in [0.15, 0.2) is 96.0 Å². The molecule has 0 saturated carbocycles. The third-order valence-electron chi connectivity index (χ3n) is 16.7. The summed E-state index contributed by atoms with van der Waals surface area (Å²) in [5.74, 6) is -11.5. The molecule has 0 bridgehead atoms. The van der Waals surface area contributed by atoms with E-state index in [-0.39, 0.29) is 95.0 Å². The van der Waals surface area contributed by atoms with Crippen LogP contribution < -0.4 is 75.7 Å². The third kappa shape index (κ3) is 24.5. The fourth-order valence-electron chi connectivity index (χ4n) is 11.3. The molecule has 2 saturated heterocycles. The number of nitrogens with two attached hydrogens (primary N) is 3. The van der Waals surface area contributed by atoms with Gasteiger partial charge in [0.15, 0.2) is 5.96 Å². The number of carbonyl (C=O) groups excluding carboxylic acids is 13. The number of aliphatic hydroxyl groups is 1. The number of likely N-dealkylation sites (tertiary alicyclic amines) is 1. The maximum Gasteiger partial charge on any atom is 0.245 e. The number of nitrogens with one attached hydrogen (secondary N) is 11. The molecule has 13 amide bonds. The number of phenols is 1. The van der Waals surface area contributed by atoms with Crippen molar-refractivity contribution in [2.45, 2.75) is 172 Å². The molecule has 6 rings (SSSR count). The van der Waals surface area contributed by atoms with E-state index in [2.05, 4.69) is 63.5 Å². The molecule has 0 aromatic heterocycles. The van der Waals surface area contributed by atoms with E-state index in [4.69, 9.17) is 28.8 Å². The average molecular weight is 1410 g/mol. The molecule has 32 heteroatoms. The molecule has 2 aliphatic heterocycles. The molecule has 0 radical (unpaired) electrons. The molecule has 11 atom stereocenters. The smallest absolute Gasteiger partial charge is 0.245 e. The molecule has 100 heavy (non-hydrogen) atoms. The van der Waals surface area contributed by atoms with Crippen LogP contribution >= 0.6 is 11.6 Å². The van der Waals surface area contributed by atoms with Crippen molar-refractivity contribution in [3.05, 3.63) is 113 Å². The molecule has 19 N–H and O–H groups in total. The van der Waals surface area contributed by atoms with Gasteiger partial charge in [-0.2, -0.15) is 0 Å². The lowest BCUT2D eigenvalue weighted by Crippen LogP contribution is -2.61. The molecule has 0 spiro atoms. The lowest BCUT2D eigenvalue weighted by atomic mass is 9.98. The van der Waals surface area contributed by atoms with E-state index in [0.717, 1.165) is 17.7 Å². The number of rotatable bonds is 28. The predicted octanol–water partition coefficient (Wildman–Crippen LogP) is -2.00. The standard InChI is InChI=1S/C68H91ClN16O15/c1-36(2)29-49(61(94)79-48(14-9-27-74-68(71)72)67(100)85-28-10-15-55(85)66(99)76-37(3)57(70)90)80-63(96)52(33-42-16-21-43-11-6-7-12-44(43)30-42)82-62(95)51(32-41-19-24-46(88)25-20-41)83-65(98)54(35-86)84-60(93)47-13-8-26-73-59(92)50(31-40-17-22-45(69)23-18-40)81-64(97)53(77-39(5)87)34-56(89)75-38(4)58(91)78-47/h6-7,11-12,16-25,30,36-38,47-55,86,88H,8-10,13-15,26-29,31-35H2,1-5H3,(H2,70,90)(H,73,92)(H,75,89)(H,76,99)(H,77,87)(H,78,91)(H,79,94)(H,80,96)(H,81,97)(H,82,95)(H,83,98)(H,84,93)(H4,71,72,74)/t37?,38-,47-,48+,49-,50-,51+,52?,53?,54+,55-/m1/s1. The van der Waals surface area contributed by atoms with Crippen molar-refractivity contribution in [2.24, 2.45) is 28.1 Å². The van der Waals surface area contributed by atoms with Gasteiger partial charge in [-0.25, -0.2) is 0 Å². The van der Waals surface area contributed by atoms with E-state index in [9.17, 15) is 63.0 Å². The molecule has 3 unspecified atom stereocenters. The number of fused-ring (bicyclic) bond motifs is 1. The number of primary amides is 1. The van der Waals surface area contributed by atoms with E-state index in [1.54, 1.807) is 50.2 Å². The number of guanidine groups is 1. The zero-order valence-corrected chi connectivity index (χ0v) is 57.2. The molecule has 31 nitrogen and oxygen atoms in total. The van der Waals surface area contributed by atoms with Gasteiger partial charge >= 0.3 is 0 Å². The van der Waals surface area contributed by atoms with Crippen molar-refractivity contribution in [1.29, 1.82) is 0 Å². The van der Waals surface area contributed by atoms with E-state index in [1.807, 2.05) is 30.3 Å². The number of aromatic hydroxyl groups is 1. The predicted molar refractivity (Wildman–Crippen MR) is 368 cm³/mol. The van der Waals surface area contributed by atoms with Crippen molar-refractivity contribution in [3.63, 3.8) is 0 Å². The zero-order chi connectivity index (χ0) is 73.3. The molecule has 4 aromatic carbocycles. The first kappa shape index (κ1) is 78.6. The molecular weight excluding hydrogens is 1320 g/mol. The van der Waals surface area contributed by atoms with Crippen LogP contribution in [0, 0.1) is 5.92 Å². The van der Waals surface area contributed by atoms with Gasteiger partial charge in [0.2, 0.25) is 76.8 Å². The second-order valence-corrected chi connectivity index (χ2v) is 25.7. The van der Waals surface area contributed by atoms with Crippen LogP contribution in [0.5, 0.6) is 5.75 Å². The fraction of sp³-hybridized carbons (Fsp3) is 0.471. The Balaban J connectivity index is 1.27. The normalized spacial score (nSPS) is 19.4. The number of benzene rings is 4. The lowest BCUT2D eigenvalue weighted by molar-refractivity contribution is -0.142. The minimum atomic E-state index is -1.84. The second kappa shape index (κ2) is 38.1. The molecule has 0 aliphatic carbocycles. The van der Waals surface area contributed by atoms with Crippen LogP contribution in [-0.2, 0) is 81.6 Å². The van der Waals surface area contributed by atoms with Gasteiger partial charge in [0.25, 0.3) is 0 Å². The summed E-state index contributed by atoms with van der Waals surface area (Å²) in [5.41, 5.74) is 18.1.